The topological polar surface area (TPSA) is 86.4 Å². The van der Waals surface area contributed by atoms with Gasteiger partial charge in [0, 0.05) is 32.1 Å². The molecule has 2 fully saturated rings. The summed E-state index contributed by atoms with van der Waals surface area (Å²) in [5.41, 5.74) is 2.13. The van der Waals surface area contributed by atoms with Crippen molar-refractivity contribution in [3.05, 3.63) is 58.9 Å². The number of hydrogen-bond acceptors (Lipinski definition) is 4. The highest BCUT2D eigenvalue weighted by molar-refractivity contribution is 7.89. The molecule has 0 spiro atoms. The quantitative estimate of drug-likeness (QED) is 0.591. The number of imidazole rings is 1. The van der Waals surface area contributed by atoms with Gasteiger partial charge in [-0.3, -0.25) is 4.79 Å². The van der Waals surface area contributed by atoms with E-state index in [-0.39, 0.29) is 27.3 Å². The molecule has 2 aliphatic heterocycles. The Morgan fingerprint density at radius 1 is 1.03 bits per heavy atom. The van der Waals surface area contributed by atoms with Crippen molar-refractivity contribution < 1.29 is 13.2 Å². The predicted octanol–water partition coefficient (Wildman–Crippen LogP) is 4.41. The van der Waals surface area contributed by atoms with E-state index < -0.39 is 10.0 Å². The molecule has 2 aliphatic rings. The number of fused-ring (bicyclic) bond motifs is 1. The number of piperidine rings is 2. The van der Waals surface area contributed by atoms with Crippen LogP contribution in [0.25, 0.3) is 11.0 Å². The zero-order chi connectivity index (χ0) is 23.0. The van der Waals surface area contributed by atoms with Crippen LogP contribution in [0.15, 0.2) is 47.4 Å². The van der Waals surface area contributed by atoms with Gasteiger partial charge in [0.15, 0.2) is 0 Å². The summed E-state index contributed by atoms with van der Waals surface area (Å²) >= 11 is 6.38. The summed E-state index contributed by atoms with van der Waals surface area (Å²) in [4.78, 5) is 23.4. The molecular weight excluding hydrogens is 460 g/mol. The van der Waals surface area contributed by atoms with Crippen molar-refractivity contribution >= 4 is 38.6 Å². The predicted molar refractivity (Wildman–Crippen MR) is 128 cm³/mol. The molecule has 33 heavy (non-hydrogen) atoms. The highest BCUT2D eigenvalue weighted by Gasteiger charge is 2.31. The molecule has 174 valence electrons. The second kappa shape index (κ2) is 9.08. The Labute approximate surface area is 198 Å². The highest BCUT2D eigenvalue weighted by atomic mass is 35.5. The number of aromatic nitrogens is 2. The third-order valence-corrected chi connectivity index (χ3v) is 8.85. The molecule has 0 aliphatic carbocycles. The normalized spacial score (nSPS) is 20.3. The number of nitrogens with zero attached hydrogens (tertiary/aromatic N) is 3. The number of H-pyrrole nitrogens is 1. The lowest BCUT2D eigenvalue weighted by molar-refractivity contribution is 0.0705. The summed E-state index contributed by atoms with van der Waals surface area (Å²) in [5, 5.41) is 0.267. The summed E-state index contributed by atoms with van der Waals surface area (Å²) in [5.74, 6) is 0.729. The first-order valence-corrected chi connectivity index (χ1v) is 13.3. The first-order valence-electron chi connectivity index (χ1n) is 11.5. The SMILES string of the molecule is O=C(c1cc(S(=O)(=O)N2CCCCC2)ccc1Cl)N1CCCC(c2nc3ccccc3[nH]2)C1. The van der Waals surface area contributed by atoms with Crippen LogP contribution in [0.3, 0.4) is 0 Å². The van der Waals surface area contributed by atoms with Gasteiger partial charge < -0.3 is 9.88 Å². The molecule has 0 saturated carbocycles. The van der Waals surface area contributed by atoms with Crippen molar-refractivity contribution in [3.63, 3.8) is 0 Å². The minimum Gasteiger partial charge on any atom is -0.342 e. The summed E-state index contributed by atoms with van der Waals surface area (Å²) < 4.78 is 27.7. The lowest BCUT2D eigenvalue weighted by atomic mass is 9.96. The van der Waals surface area contributed by atoms with Gasteiger partial charge >= 0.3 is 0 Å². The van der Waals surface area contributed by atoms with Crippen LogP contribution >= 0.6 is 11.6 Å². The second-order valence-electron chi connectivity index (χ2n) is 8.84. The summed E-state index contributed by atoms with van der Waals surface area (Å²) in [7, 11) is -3.65. The molecule has 5 rings (SSSR count). The number of hydrogen-bond donors (Lipinski definition) is 1. The molecular formula is C24H27ClN4O3S. The van der Waals surface area contributed by atoms with E-state index in [9.17, 15) is 13.2 Å². The standard InChI is InChI=1S/C24H27ClN4O3S/c25-20-11-10-18(33(31,32)29-13-4-1-5-14-29)15-19(20)24(30)28-12-6-7-17(16-28)23-26-21-8-2-3-9-22(21)27-23/h2-3,8-11,15,17H,1,4-7,12-14,16H2,(H,26,27). The molecule has 2 aromatic carbocycles. The van der Waals surface area contributed by atoms with Crippen molar-refractivity contribution in [2.24, 2.45) is 0 Å². The maximum absolute atomic E-state index is 13.4. The Bertz CT molecular complexity index is 1250. The van der Waals surface area contributed by atoms with E-state index in [1.165, 1.54) is 22.5 Å². The number of para-hydroxylation sites is 2. The summed E-state index contributed by atoms with van der Waals surface area (Å²) in [6, 6.07) is 12.3. The fourth-order valence-corrected chi connectivity index (χ4v) is 6.55. The Balaban J connectivity index is 1.38. The molecule has 7 nitrogen and oxygen atoms in total. The van der Waals surface area contributed by atoms with E-state index in [2.05, 4.69) is 4.98 Å². The second-order valence-corrected chi connectivity index (χ2v) is 11.2. The Hall–Kier alpha value is -2.42. The lowest BCUT2D eigenvalue weighted by Gasteiger charge is -2.32. The van der Waals surface area contributed by atoms with Gasteiger partial charge in [0.1, 0.15) is 5.82 Å². The van der Waals surface area contributed by atoms with Gasteiger partial charge in [-0.05, 0) is 56.0 Å². The van der Waals surface area contributed by atoms with Crippen LogP contribution in [0.4, 0.5) is 0 Å². The highest BCUT2D eigenvalue weighted by Crippen LogP contribution is 2.30. The number of halogens is 1. The molecule has 3 aromatic rings. The fourth-order valence-electron chi connectivity index (χ4n) is 4.80. The third kappa shape index (κ3) is 4.39. The molecule has 1 atom stereocenters. The number of carbonyl (C=O) groups excluding carboxylic acids is 1. The van der Waals surface area contributed by atoms with Gasteiger partial charge in [-0.2, -0.15) is 4.31 Å². The molecule has 3 heterocycles. The van der Waals surface area contributed by atoms with Crippen LogP contribution < -0.4 is 0 Å². The van der Waals surface area contributed by atoms with E-state index in [1.807, 2.05) is 24.3 Å². The van der Waals surface area contributed by atoms with E-state index in [1.54, 1.807) is 4.90 Å². The van der Waals surface area contributed by atoms with E-state index in [0.717, 1.165) is 49.0 Å². The third-order valence-electron chi connectivity index (χ3n) is 6.62. The molecule has 1 unspecified atom stereocenters. The smallest absolute Gasteiger partial charge is 0.255 e. The zero-order valence-corrected chi connectivity index (χ0v) is 19.9. The summed E-state index contributed by atoms with van der Waals surface area (Å²) in [6.45, 7) is 2.15. The molecule has 9 heteroatoms. The largest absolute Gasteiger partial charge is 0.342 e. The van der Waals surface area contributed by atoms with E-state index >= 15 is 0 Å². The monoisotopic (exact) mass is 486 g/mol. The van der Waals surface area contributed by atoms with Crippen LogP contribution in [0.1, 0.15) is 54.2 Å². The van der Waals surface area contributed by atoms with Crippen molar-refractivity contribution in [1.82, 2.24) is 19.2 Å². The average molecular weight is 487 g/mol. The van der Waals surface area contributed by atoms with Gasteiger partial charge in [0.2, 0.25) is 10.0 Å². The summed E-state index contributed by atoms with van der Waals surface area (Å²) in [6.07, 6.45) is 4.53. The zero-order valence-electron chi connectivity index (χ0n) is 18.3. The Morgan fingerprint density at radius 2 is 1.82 bits per heavy atom. The van der Waals surface area contributed by atoms with Crippen molar-refractivity contribution in [3.8, 4) is 0 Å². The molecule has 1 amide bonds. The van der Waals surface area contributed by atoms with Gasteiger partial charge in [0.05, 0.1) is 26.5 Å². The number of sulfonamides is 1. The number of likely N-dealkylation sites (tertiary alicyclic amines) is 1. The molecule has 0 bridgehead atoms. The van der Waals surface area contributed by atoms with Gasteiger partial charge in [-0.1, -0.05) is 30.2 Å². The van der Waals surface area contributed by atoms with E-state index in [4.69, 9.17) is 16.6 Å². The fraction of sp³-hybridized carbons (Fsp3) is 0.417. The molecule has 2 saturated heterocycles. The maximum Gasteiger partial charge on any atom is 0.255 e. The molecule has 0 radical (unpaired) electrons. The maximum atomic E-state index is 13.4. The number of aromatic amines is 1. The molecule has 1 aromatic heterocycles. The van der Waals surface area contributed by atoms with Crippen molar-refractivity contribution in [2.45, 2.75) is 42.9 Å². The van der Waals surface area contributed by atoms with Crippen molar-refractivity contribution in [1.29, 1.82) is 0 Å². The lowest BCUT2D eigenvalue weighted by Crippen LogP contribution is -2.39. The number of amides is 1. The van der Waals surface area contributed by atoms with Gasteiger partial charge in [-0.25, -0.2) is 13.4 Å². The first-order chi connectivity index (χ1) is 15.9. The van der Waals surface area contributed by atoms with Gasteiger partial charge in [0.25, 0.3) is 5.91 Å². The molecule has 1 N–H and O–H groups in total. The van der Waals surface area contributed by atoms with E-state index in [0.29, 0.717) is 26.2 Å². The number of rotatable bonds is 4. The number of carbonyl (C=O) groups is 1. The number of nitrogens with one attached hydrogen (secondary N) is 1. The number of benzene rings is 2. The van der Waals surface area contributed by atoms with Crippen LogP contribution in [-0.4, -0.2) is 59.7 Å². The van der Waals surface area contributed by atoms with Gasteiger partial charge in [-0.15, -0.1) is 0 Å². The average Bonchev–Trinajstić information content (AvgIpc) is 3.29. The minimum atomic E-state index is -3.65. The van der Waals surface area contributed by atoms with Crippen molar-refractivity contribution in [2.75, 3.05) is 26.2 Å². The Morgan fingerprint density at radius 3 is 2.61 bits per heavy atom. The van der Waals surface area contributed by atoms with Crippen LogP contribution in [0.5, 0.6) is 0 Å². The minimum absolute atomic E-state index is 0.0918. The first kappa shape index (κ1) is 22.4. The van der Waals surface area contributed by atoms with Crippen LogP contribution in [-0.2, 0) is 10.0 Å². The van der Waals surface area contributed by atoms with Crippen LogP contribution in [0, 0.1) is 0 Å². The van der Waals surface area contributed by atoms with Crippen LogP contribution in [0.2, 0.25) is 5.02 Å². The Kier molecular flexibility index (Phi) is 6.16.